The summed E-state index contributed by atoms with van der Waals surface area (Å²) < 4.78 is 0. The van der Waals surface area contributed by atoms with E-state index in [0.717, 1.165) is 13.8 Å². The number of aliphatic carboxylic acids is 2. The van der Waals surface area contributed by atoms with Gasteiger partial charge < -0.3 is 19.8 Å². The van der Waals surface area contributed by atoms with Crippen molar-refractivity contribution in [3.63, 3.8) is 0 Å². The van der Waals surface area contributed by atoms with Crippen LogP contribution < -0.4 is 10.2 Å². The SMILES string of the molecule is CC(=O)[O-].CC(=O)[O-].[Bi+2].c1ccccc1.c1ccccc1.c1ccccc1. The van der Waals surface area contributed by atoms with E-state index in [4.69, 9.17) is 19.8 Å². The third kappa shape index (κ3) is 45.2. The summed E-state index contributed by atoms with van der Waals surface area (Å²) in [4.78, 5) is 17.8. The van der Waals surface area contributed by atoms with Gasteiger partial charge in [0.05, 0.1) is 0 Å². The molecule has 0 aliphatic rings. The van der Waals surface area contributed by atoms with Crippen molar-refractivity contribution in [1.29, 1.82) is 0 Å². The molecular formula is C22H24BiO4. The largest absolute Gasteiger partial charge is 2.00 e. The van der Waals surface area contributed by atoms with Crippen LogP contribution in [0.25, 0.3) is 0 Å². The molecule has 0 heterocycles. The molecule has 0 atom stereocenters. The fourth-order valence-electron chi connectivity index (χ4n) is 1.15. The van der Waals surface area contributed by atoms with Crippen LogP contribution in [0.1, 0.15) is 13.8 Å². The molecule has 0 amide bonds. The zero-order valence-corrected chi connectivity index (χ0v) is 18.9. The molecule has 4 nitrogen and oxygen atoms in total. The molecule has 0 bridgehead atoms. The molecule has 3 aromatic rings. The van der Waals surface area contributed by atoms with E-state index in [2.05, 4.69) is 0 Å². The quantitative estimate of drug-likeness (QED) is 0.395. The fourth-order valence-corrected chi connectivity index (χ4v) is 1.15. The van der Waals surface area contributed by atoms with Gasteiger partial charge in [0, 0.05) is 11.9 Å². The molecule has 3 radical (unpaired) electrons. The molecule has 0 aliphatic carbocycles. The molecule has 141 valence electrons. The average molecular weight is 561 g/mol. The van der Waals surface area contributed by atoms with Crippen molar-refractivity contribution < 1.29 is 19.8 Å². The van der Waals surface area contributed by atoms with Crippen molar-refractivity contribution in [2.45, 2.75) is 13.8 Å². The van der Waals surface area contributed by atoms with Crippen molar-refractivity contribution >= 4 is 38.1 Å². The molecule has 3 aromatic carbocycles. The van der Waals surface area contributed by atoms with E-state index >= 15 is 0 Å². The molecule has 0 aromatic heterocycles. The minimum absolute atomic E-state index is 0. The fraction of sp³-hybridized carbons (Fsp3) is 0.0909. The molecule has 0 saturated heterocycles. The first-order valence-electron chi connectivity index (χ1n) is 7.82. The van der Waals surface area contributed by atoms with Gasteiger partial charge in [0.25, 0.3) is 0 Å². The molecule has 0 fully saturated rings. The number of carboxylic acids is 2. The number of carboxylic acid groups (broad SMARTS) is 2. The van der Waals surface area contributed by atoms with Crippen LogP contribution in [0.5, 0.6) is 0 Å². The van der Waals surface area contributed by atoms with Crippen LogP contribution >= 0.6 is 0 Å². The third-order valence-electron chi connectivity index (χ3n) is 2.00. The number of rotatable bonds is 0. The summed E-state index contributed by atoms with van der Waals surface area (Å²) in [6.45, 7) is 1.94. The number of hydrogen-bond acceptors (Lipinski definition) is 4. The van der Waals surface area contributed by atoms with Crippen LogP contribution in [0.15, 0.2) is 109 Å². The Labute approximate surface area is 180 Å². The first-order valence-corrected chi connectivity index (χ1v) is 7.82. The molecular weight excluding hydrogens is 537 g/mol. The Morgan fingerprint density at radius 3 is 0.481 bits per heavy atom. The smallest absolute Gasteiger partial charge is 0.550 e. The van der Waals surface area contributed by atoms with Gasteiger partial charge in [0.2, 0.25) is 0 Å². The topological polar surface area (TPSA) is 80.3 Å². The second-order valence-corrected chi connectivity index (χ2v) is 4.45. The van der Waals surface area contributed by atoms with Crippen LogP contribution in [0.3, 0.4) is 0 Å². The first kappa shape index (κ1) is 29.3. The normalized spacial score (nSPS) is 7.19. The van der Waals surface area contributed by atoms with Crippen LogP contribution in [0.4, 0.5) is 0 Å². The van der Waals surface area contributed by atoms with Crippen molar-refractivity contribution in [2.24, 2.45) is 0 Å². The second kappa shape index (κ2) is 25.7. The molecule has 0 unspecified atom stereocenters. The molecule has 0 spiro atoms. The van der Waals surface area contributed by atoms with Crippen LogP contribution in [-0.4, -0.2) is 38.1 Å². The Hall–Kier alpha value is -2.52. The Morgan fingerprint density at radius 2 is 0.444 bits per heavy atom. The Bertz CT molecular complexity index is 457. The minimum atomic E-state index is -1.08. The molecule has 0 aliphatic heterocycles. The number of benzene rings is 3. The van der Waals surface area contributed by atoms with Crippen molar-refractivity contribution in [3.8, 4) is 0 Å². The van der Waals surface area contributed by atoms with Crippen molar-refractivity contribution in [1.82, 2.24) is 0 Å². The van der Waals surface area contributed by atoms with E-state index in [9.17, 15) is 0 Å². The second-order valence-electron chi connectivity index (χ2n) is 4.45. The van der Waals surface area contributed by atoms with Gasteiger partial charge in [-0.05, 0) is 13.8 Å². The summed E-state index contributed by atoms with van der Waals surface area (Å²) in [5.41, 5.74) is 0. The third-order valence-corrected chi connectivity index (χ3v) is 2.00. The van der Waals surface area contributed by atoms with Gasteiger partial charge in [-0.15, -0.1) is 0 Å². The molecule has 0 saturated carbocycles. The number of hydrogen-bond donors (Lipinski definition) is 0. The minimum Gasteiger partial charge on any atom is -0.550 e. The van der Waals surface area contributed by atoms with Gasteiger partial charge in [0.15, 0.2) is 0 Å². The Kier molecular flexibility index (Phi) is 27.9. The van der Waals surface area contributed by atoms with Gasteiger partial charge in [-0.1, -0.05) is 109 Å². The van der Waals surface area contributed by atoms with E-state index in [1.165, 1.54) is 0 Å². The van der Waals surface area contributed by atoms with E-state index in [-0.39, 0.29) is 26.2 Å². The van der Waals surface area contributed by atoms with Gasteiger partial charge in [-0.3, -0.25) is 0 Å². The maximum Gasteiger partial charge on any atom is 2.00 e. The molecule has 27 heavy (non-hydrogen) atoms. The van der Waals surface area contributed by atoms with E-state index in [1.54, 1.807) is 0 Å². The first-order chi connectivity index (χ1) is 12.5. The summed E-state index contributed by atoms with van der Waals surface area (Å²) in [6.07, 6.45) is 0. The zero-order valence-electron chi connectivity index (χ0n) is 15.5. The van der Waals surface area contributed by atoms with Gasteiger partial charge in [-0.2, -0.15) is 0 Å². The van der Waals surface area contributed by atoms with E-state index in [1.807, 2.05) is 109 Å². The predicted molar refractivity (Wildman–Crippen MR) is 106 cm³/mol. The summed E-state index contributed by atoms with van der Waals surface area (Å²) in [6, 6.07) is 36.0. The van der Waals surface area contributed by atoms with Gasteiger partial charge in [-0.25, -0.2) is 0 Å². The van der Waals surface area contributed by atoms with E-state index < -0.39 is 11.9 Å². The van der Waals surface area contributed by atoms with Crippen LogP contribution in [0.2, 0.25) is 0 Å². The standard InChI is InChI=1S/3C6H6.2C2H4O2.Bi/c3*1-2-4-6-5-3-1;2*1-2(3)4;/h3*1-6H;2*1H3,(H,3,4);/q;;;;;+2/p-2. The summed E-state index contributed by atoms with van der Waals surface area (Å²) in [5.74, 6) is -2.17. The Morgan fingerprint density at radius 1 is 0.407 bits per heavy atom. The van der Waals surface area contributed by atoms with Crippen LogP contribution in [0, 0.1) is 0 Å². The summed E-state index contributed by atoms with van der Waals surface area (Å²) >= 11 is 0. The molecule has 0 N–H and O–H groups in total. The molecule has 3 rings (SSSR count). The monoisotopic (exact) mass is 561 g/mol. The average Bonchev–Trinajstić information content (AvgIpc) is 2.66. The van der Waals surface area contributed by atoms with Crippen molar-refractivity contribution in [2.75, 3.05) is 0 Å². The molecule has 5 heteroatoms. The summed E-state index contributed by atoms with van der Waals surface area (Å²) in [7, 11) is 0. The predicted octanol–water partition coefficient (Wildman–Crippen LogP) is 2.19. The van der Waals surface area contributed by atoms with Crippen molar-refractivity contribution in [3.05, 3.63) is 109 Å². The van der Waals surface area contributed by atoms with E-state index in [0.29, 0.717) is 0 Å². The van der Waals surface area contributed by atoms with Gasteiger partial charge >= 0.3 is 26.2 Å². The maximum atomic E-state index is 8.89. The van der Waals surface area contributed by atoms with Gasteiger partial charge in [0.1, 0.15) is 0 Å². The zero-order chi connectivity index (χ0) is 19.9. The number of carbonyl (C=O) groups excluding carboxylic acids is 2. The summed E-state index contributed by atoms with van der Waals surface area (Å²) in [5, 5.41) is 17.8. The maximum absolute atomic E-state index is 8.89. The Balaban J connectivity index is -0.000000268. The van der Waals surface area contributed by atoms with Crippen LogP contribution in [-0.2, 0) is 9.59 Å². The number of carbonyl (C=O) groups is 2.